The summed E-state index contributed by atoms with van der Waals surface area (Å²) in [7, 11) is 0. The number of halogens is 1. The molecule has 0 aromatic heterocycles. The molecule has 2 heteroatoms. The molecule has 0 amide bonds. The molecule has 0 aliphatic carbocycles. The van der Waals surface area contributed by atoms with Crippen LogP contribution in [0.5, 0.6) is 0 Å². The average molecular weight is 220 g/mol. The summed E-state index contributed by atoms with van der Waals surface area (Å²) in [5.41, 5.74) is 2.02. The van der Waals surface area contributed by atoms with E-state index in [-0.39, 0.29) is 0 Å². The molecule has 0 unspecified atom stereocenters. The number of benzene rings is 1. The van der Waals surface area contributed by atoms with E-state index in [9.17, 15) is 0 Å². The van der Waals surface area contributed by atoms with Crippen LogP contribution in [-0.4, -0.2) is 0 Å². The van der Waals surface area contributed by atoms with Crippen LogP contribution in [0.3, 0.4) is 0 Å². The van der Waals surface area contributed by atoms with Crippen molar-refractivity contribution in [1.82, 2.24) is 0 Å². The van der Waals surface area contributed by atoms with Crippen LogP contribution in [-0.2, 0) is 5.33 Å². The molecular weight excluding hydrogens is 214 g/mol. The van der Waals surface area contributed by atoms with Gasteiger partial charge in [0.15, 0.2) is 6.07 Å². The molecular formula is C10H6BrN. The third-order valence-electron chi connectivity index (χ3n) is 1.41. The first-order chi connectivity index (χ1) is 5.88. The Labute approximate surface area is 80.2 Å². The number of nitriles is 1. The van der Waals surface area contributed by atoms with E-state index in [1.54, 1.807) is 6.07 Å². The molecule has 0 aliphatic heterocycles. The molecule has 0 bridgehead atoms. The van der Waals surface area contributed by atoms with Crippen LogP contribution in [0.15, 0.2) is 24.3 Å². The SMILES string of the molecule is N#CC#Cc1ccccc1CBr. The van der Waals surface area contributed by atoms with Crippen LogP contribution in [0.2, 0.25) is 0 Å². The zero-order valence-corrected chi connectivity index (χ0v) is 7.93. The van der Waals surface area contributed by atoms with E-state index in [0.717, 1.165) is 16.5 Å². The van der Waals surface area contributed by atoms with Crippen LogP contribution in [0.4, 0.5) is 0 Å². The Kier molecular flexibility index (Phi) is 3.38. The quantitative estimate of drug-likeness (QED) is 0.526. The van der Waals surface area contributed by atoms with Crippen molar-refractivity contribution in [3.63, 3.8) is 0 Å². The second kappa shape index (κ2) is 4.59. The molecule has 0 atom stereocenters. The molecule has 0 radical (unpaired) electrons. The standard InChI is InChI=1S/C10H6BrN/c11-8-10-5-2-1-4-9(10)6-3-7-12/h1-2,4-5H,8H2. The van der Waals surface area contributed by atoms with Crippen LogP contribution in [0.25, 0.3) is 0 Å². The first-order valence-corrected chi connectivity index (χ1v) is 4.54. The summed E-state index contributed by atoms with van der Waals surface area (Å²) in [5.74, 6) is 5.15. The van der Waals surface area contributed by atoms with E-state index in [2.05, 4.69) is 27.8 Å². The fourth-order valence-corrected chi connectivity index (χ4v) is 1.34. The fourth-order valence-electron chi connectivity index (χ4n) is 0.854. The summed E-state index contributed by atoms with van der Waals surface area (Å²) in [5, 5.41) is 9.02. The first-order valence-electron chi connectivity index (χ1n) is 3.42. The molecule has 1 rings (SSSR count). The van der Waals surface area contributed by atoms with Gasteiger partial charge in [0.1, 0.15) is 0 Å². The molecule has 1 aromatic rings. The minimum Gasteiger partial charge on any atom is -0.183 e. The predicted octanol–water partition coefficient (Wildman–Crippen LogP) is 2.46. The van der Waals surface area contributed by atoms with Gasteiger partial charge in [-0.2, -0.15) is 5.26 Å². The van der Waals surface area contributed by atoms with Crippen LogP contribution in [0.1, 0.15) is 11.1 Å². The van der Waals surface area contributed by atoms with E-state index in [1.807, 2.05) is 24.3 Å². The van der Waals surface area contributed by atoms with Gasteiger partial charge in [-0.3, -0.25) is 0 Å². The highest BCUT2D eigenvalue weighted by Crippen LogP contribution is 2.10. The van der Waals surface area contributed by atoms with Gasteiger partial charge in [0.05, 0.1) is 0 Å². The highest BCUT2D eigenvalue weighted by atomic mass is 79.9. The van der Waals surface area contributed by atoms with E-state index >= 15 is 0 Å². The van der Waals surface area contributed by atoms with Gasteiger partial charge in [-0.05, 0) is 11.6 Å². The average Bonchev–Trinajstić information content (AvgIpc) is 2.15. The number of hydrogen-bond acceptors (Lipinski definition) is 1. The second-order valence-electron chi connectivity index (χ2n) is 2.15. The van der Waals surface area contributed by atoms with Crippen molar-refractivity contribution in [2.75, 3.05) is 0 Å². The van der Waals surface area contributed by atoms with E-state index < -0.39 is 0 Å². The molecule has 0 saturated heterocycles. The Morgan fingerprint density at radius 3 is 2.75 bits per heavy atom. The molecule has 1 nitrogen and oxygen atoms in total. The van der Waals surface area contributed by atoms with E-state index in [0.29, 0.717) is 0 Å². The molecule has 58 valence electrons. The number of rotatable bonds is 1. The largest absolute Gasteiger partial charge is 0.183 e. The molecule has 0 fully saturated rings. The molecule has 0 N–H and O–H groups in total. The number of nitrogens with zero attached hydrogens (tertiary/aromatic N) is 1. The third-order valence-corrected chi connectivity index (χ3v) is 2.02. The summed E-state index contributed by atoms with van der Waals surface area (Å²) >= 11 is 3.35. The second-order valence-corrected chi connectivity index (χ2v) is 2.71. The van der Waals surface area contributed by atoms with Gasteiger partial charge in [0, 0.05) is 16.8 Å². The zero-order valence-electron chi connectivity index (χ0n) is 6.34. The smallest absolute Gasteiger partial charge is 0.152 e. The fraction of sp³-hybridized carbons (Fsp3) is 0.100. The molecule has 0 aliphatic rings. The summed E-state index contributed by atoms with van der Waals surface area (Å²) in [4.78, 5) is 0. The Morgan fingerprint density at radius 2 is 2.08 bits per heavy atom. The van der Waals surface area contributed by atoms with E-state index in [4.69, 9.17) is 5.26 Å². The molecule has 0 saturated carbocycles. The van der Waals surface area contributed by atoms with Gasteiger partial charge in [-0.25, -0.2) is 0 Å². The van der Waals surface area contributed by atoms with Crippen LogP contribution < -0.4 is 0 Å². The monoisotopic (exact) mass is 219 g/mol. The Morgan fingerprint density at radius 1 is 1.33 bits per heavy atom. The van der Waals surface area contributed by atoms with Gasteiger partial charge in [-0.1, -0.05) is 40.0 Å². The lowest BCUT2D eigenvalue weighted by Gasteiger charge is -1.96. The Balaban J connectivity index is 3.07. The predicted molar refractivity (Wildman–Crippen MR) is 51.6 cm³/mol. The third kappa shape index (κ3) is 2.12. The molecule has 1 aromatic carbocycles. The number of alkyl halides is 1. The van der Waals surface area contributed by atoms with Gasteiger partial charge >= 0.3 is 0 Å². The summed E-state index contributed by atoms with van der Waals surface area (Å²) in [6, 6.07) is 9.54. The van der Waals surface area contributed by atoms with Crippen molar-refractivity contribution in [2.45, 2.75) is 5.33 Å². The zero-order chi connectivity index (χ0) is 8.81. The lowest BCUT2D eigenvalue weighted by atomic mass is 10.1. The normalized spacial score (nSPS) is 8.00. The minimum atomic E-state index is 0.767. The van der Waals surface area contributed by atoms with Gasteiger partial charge in [0.2, 0.25) is 0 Å². The molecule has 0 spiro atoms. The maximum atomic E-state index is 8.26. The van der Waals surface area contributed by atoms with Crippen molar-refractivity contribution in [1.29, 1.82) is 5.26 Å². The Bertz CT molecular complexity index is 365. The van der Waals surface area contributed by atoms with Gasteiger partial charge in [-0.15, -0.1) is 0 Å². The summed E-state index contributed by atoms with van der Waals surface area (Å²) in [6.07, 6.45) is 0. The van der Waals surface area contributed by atoms with Gasteiger partial charge in [0.25, 0.3) is 0 Å². The maximum absolute atomic E-state index is 8.26. The first kappa shape index (κ1) is 8.84. The summed E-state index contributed by atoms with van der Waals surface area (Å²) < 4.78 is 0. The lowest BCUT2D eigenvalue weighted by molar-refractivity contribution is 1.41. The highest BCUT2D eigenvalue weighted by molar-refractivity contribution is 9.08. The highest BCUT2D eigenvalue weighted by Gasteiger charge is 1.94. The van der Waals surface area contributed by atoms with Crippen LogP contribution >= 0.6 is 15.9 Å². The summed E-state index contributed by atoms with van der Waals surface area (Å²) in [6.45, 7) is 0. The van der Waals surface area contributed by atoms with Crippen molar-refractivity contribution in [2.24, 2.45) is 0 Å². The van der Waals surface area contributed by atoms with Crippen molar-refractivity contribution in [3.8, 4) is 17.9 Å². The van der Waals surface area contributed by atoms with Crippen molar-refractivity contribution in [3.05, 3.63) is 35.4 Å². The van der Waals surface area contributed by atoms with Crippen LogP contribution in [0, 0.1) is 23.2 Å². The number of hydrogen-bond donors (Lipinski definition) is 0. The maximum Gasteiger partial charge on any atom is 0.152 e. The topological polar surface area (TPSA) is 23.8 Å². The minimum absolute atomic E-state index is 0.767. The molecule has 0 heterocycles. The van der Waals surface area contributed by atoms with Gasteiger partial charge < -0.3 is 0 Å². The van der Waals surface area contributed by atoms with E-state index in [1.165, 1.54) is 0 Å². The molecule has 12 heavy (non-hydrogen) atoms. The lowest BCUT2D eigenvalue weighted by Crippen LogP contribution is -1.83. The van der Waals surface area contributed by atoms with Crippen molar-refractivity contribution >= 4 is 15.9 Å². The van der Waals surface area contributed by atoms with Crippen molar-refractivity contribution < 1.29 is 0 Å². The Hall–Kier alpha value is -1.25.